The molecule has 0 spiro atoms. The molecule has 0 fully saturated rings. The van der Waals surface area contributed by atoms with Crippen molar-refractivity contribution in [2.24, 2.45) is 16.8 Å². The fourth-order valence-electron chi connectivity index (χ4n) is 14.2. The third-order valence-electron chi connectivity index (χ3n) is 21.6. The van der Waals surface area contributed by atoms with Crippen LogP contribution in [0.3, 0.4) is 0 Å². The molecule has 0 aliphatic carbocycles. The summed E-state index contributed by atoms with van der Waals surface area (Å²) in [6, 6.07) is 87.8. The van der Waals surface area contributed by atoms with Gasteiger partial charge >= 0.3 is 0 Å². The maximum absolute atomic E-state index is 13.3. The number of rotatable bonds is 39. The number of ether oxygens (including phenoxy) is 2. The summed E-state index contributed by atoms with van der Waals surface area (Å²) in [6.45, 7) is 4.00. The molecule has 0 radical (unpaired) electrons. The van der Waals surface area contributed by atoms with Crippen LogP contribution in [0.25, 0.3) is 43.1 Å². The Morgan fingerprint density at radius 1 is 0.371 bits per heavy atom. The predicted molar refractivity (Wildman–Crippen MR) is 533 cm³/mol. The van der Waals surface area contributed by atoms with Gasteiger partial charge in [0.2, 0.25) is 29.5 Å². The summed E-state index contributed by atoms with van der Waals surface area (Å²) in [4.78, 5) is 173. The minimum atomic E-state index is -0.990. The highest BCUT2D eigenvalue weighted by molar-refractivity contribution is 6.05. The predicted octanol–water partition coefficient (Wildman–Crippen LogP) is 8.88. The van der Waals surface area contributed by atoms with Crippen LogP contribution in [-0.2, 0) is 68.8 Å². The van der Waals surface area contributed by atoms with E-state index in [1.165, 1.54) is 26.3 Å². The van der Waals surface area contributed by atoms with Crippen molar-refractivity contribution in [3.8, 4) is 11.5 Å². The minimum Gasteiger partial charge on any atom is -0.493 e. The molecule has 13 amide bonds. The molecule has 0 aliphatic heterocycles. The molecule has 0 aliphatic rings. The minimum absolute atomic E-state index is 0.134. The molecule has 0 saturated heterocycles. The van der Waals surface area contributed by atoms with Crippen LogP contribution in [0.1, 0.15) is 109 Å². The number of amides is 13. The lowest BCUT2D eigenvalue weighted by atomic mass is 10.0. The van der Waals surface area contributed by atoms with Crippen LogP contribution in [0.2, 0.25) is 0 Å². The number of nitrogens with two attached hydrogens (primary N) is 2. The van der Waals surface area contributed by atoms with Gasteiger partial charge in [-0.15, -0.1) is 0 Å². The number of hydrogen-bond donors (Lipinski definition) is 16. The molecule has 0 bridgehead atoms. The highest BCUT2D eigenvalue weighted by Gasteiger charge is 2.30. The van der Waals surface area contributed by atoms with E-state index in [4.69, 9.17) is 21.2 Å². The Kier molecular flexibility index (Phi) is 40.5. The average molecular weight is 1900 g/mol. The van der Waals surface area contributed by atoms with E-state index in [1.54, 1.807) is 69.3 Å². The van der Waals surface area contributed by atoms with Crippen LogP contribution in [0.4, 0.5) is 5.69 Å². The topological polar surface area (TPSA) is 516 Å². The summed E-state index contributed by atoms with van der Waals surface area (Å²) in [5, 5.41) is 47.3. The molecule has 18 N–H and O–H groups in total. The van der Waals surface area contributed by atoms with E-state index in [0.29, 0.717) is 40.8 Å². The number of hydrazine groups is 3. The van der Waals surface area contributed by atoms with Crippen LogP contribution in [-0.4, -0.2) is 159 Å². The Hall–Kier alpha value is -17.4. The Morgan fingerprint density at radius 3 is 0.964 bits per heavy atom. The quantitative estimate of drug-likeness (QED) is 0.00427. The van der Waals surface area contributed by atoms with Crippen molar-refractivity contribution in [2.75, 3.05) is 46.9 Å². The van der Waals surface area contributed by atoms with Crippen molar-refractivity contribution in [1.29, 1.82) is 0 Å². The summed E-state index contributed by atoms with van der Waals surface area (Å²) in [5.74, 6) is 4.67. The molecule has 35 nitrogen and oxygen atoms in total. The molecule has 13 aromatic rings. The van der Waals surface area contributed by atoms with Crippen molar-refractivity contribution in [2.45, 2.75) is 89.5 Å². The monoisotopic (exact) mass is 1890 g/mol. The lowest BCUT2D eigenvalue weighted by Gasteiger charge is -2.20. The van der Waals surface area contributed by atoms with Crippen LogP contribution in [0, 0.1) is 10.1 Å². The van der Waals surface area contributed by atoms with E-state index < -0.39 is 94.8 Å². The first kappa shape index (κ1) is 105. The summed E-state index contributed by atoms with van der Waals surface area (Å²) in [5.41, 5.74) is 17.3. The lowest BCUT2D eigenvalue weighted by Crippen LogP contribution is -2.51. The zero-order valence-electron chi connectivity index (χ0n) is 77.5. The summed E-state index contributed by atoms with van der Waals surface area (Å²) in [6.07, 6.45) is 1.67. The number of benzene rings is 13. The smallest absolute Gasteiger partial charge is 0.278 e. The fourth-order valence-corrected chi connectivity index (χ4v) is 14.2. The molecule has 140 heavy (non-hydrogen) atoms. The molecular weight excluding hydrogens is 1790 g/mol. The Balaban J connectivity index is 0.000000198. The largest absolute Gasteiger partial charge is 0.493 e. The third kappa shape index (κ3) is 33.3. The number of hydrogen-bond acceptors (Lipinski definition) is 21. The first-order valence-corrected chi connectivity index (χ1v) is 44.6. The SMILES string of the molecule is CC(C)=NNC(=O)CNC(=O)[C@H](Cc1ccccc1)NC(=O)c1ccc2ccccc2c1.CNC(=O)CCCOc1cc([N+](=O)[O-])c(C(C)NNC(=O)CNC(=O)[C@H](Cc2ccccc2)NC(=O)c2ccc3ccccc3c2)cc1OC.NNC(=O)CNC(=O)[C@H](Cc1ccccc1)NC(=O)c1ccc2ccccc2c1.NNC(=O)CNC(=O)[C@H](Cc1ccccc1)NC(=O)c1ccc2ccccc2c1. The summed E-state index contributed by atoms with van der Waals surface area (Å²) < 4.78 is 11.0. The van der Waals surface area contributed by atoms with Gasteiger partial charge in [0.05, 0.1) is 62.5 Å². The molecule has 0 heterocycles. The molecule has 722 valence electrons. The number of nitrogens with zero attached hydrogens (tertiary/aromatic N) is 2. The van der Waals surface area contributed by atoms with Gasteiger partial charge in [0.1, 0.15) is 24.2 Å². The van der Waals surface area contributed by atoms with E-state index in [1.807, 2.05) is 254 Å². The van der Waals surface area contributed by atoms with Crippen LogP contribution < -0.4 is 96.1 Å². The van der Waals surface area contributed by atoms with Gasteiger partial charge in [0.15, 0.2) is 11.5 Å². The molecular formula is C105H110N18O17. The van der Waals surface area contributed by atoms with Gasteiger partial charge in [-0.05, 0) is 147 Å². The molecule has 5 atom stereocenters. The van der Waals surface area contributed by atoms with Crippen LogP contribution >= 0.6 is 0 Å². The van der Waals surface area contributed by atoms with Gasteiger partial charge < -0.3 is 57.3 Å². The van der Waals surface area contributed by atoms with Crippen molar-refractivity contribution in [3.63, 3.8) is 0 Å². The molecule has 0 aromatic heterocycles. The highest BCUT2D eigenvalue weighted by atomic mass is 16.6. The second-order valence-corrected chi connectivity index (χ2v) is 32.1. The molecule has 1 unspecified atom stereocenters. The summed E-state index contributed by atoms with van der Waals surface area (Å²) >= 11 is 0. The first-order valence-electron chi connectivity index (χ1n) is 44.6. The third-order valence-corrected chi connectivity index (χ3v) is 21.6. The molecule has 13 rings (SSSR count). The maximum atomic E-state index is 13.3. The Labute approximate surface area is 807 Å². The van der Waals surface area contributed by atoms with Gasteiger partial charge in [0, 0.05) is 67.1 Å². The van der Waals surface area contributed by atoms with Crippen molar-refractivity contribution < 1.29 is 76.7 Å². The van der Waals surface area contributed by atoms with Gasteiger partial charge in [-0.25, -0.2) is 22.5 Å². The highest BCUT2D eigenvalue weighted by Crippen LogP contribution is 2.38. The van der Waals surface area contributed by atoms with E-state index in [0.717, 1.165) is 65.3 Å². The van der Waals surface area contributed by atoms with E-state index in [-0.39, 0.29) is 98.3 Å². The van der Waals surface area contributed by atoms with Crippen molar-refractivity contribution >= 4 is 131 Å². The number of nitro groups is 1. The number of fused-ring (bicyclic) bond motifs is 4. The molecule has 0 saturated carbocycles. The average Bonchev–Trinajstić information content (AvgIpc) is 0.800. The number of nitro benzene ring substituents is 1. The number of methoxy groups -OCH3 is 1. The standard InChI is InChI=1S/C36H40N6O8.C25H26N4O3.2C22H22N4O3/c1-23(28-20-31(49-3)32(21-30(28)42(47)48)50-17-9-14-33(43)37-2)40-41-34(44)22-38-36(46)29(18-24-10-5-4-6-11-24)39-35(45)27-16-15-25-12-7-8-13-26(25)19-27;1-17(2)28-29-23(30)16-26-25(32)22(14-18-8-4-3-5-9-18)27-24(31)21-13-12-19-10-6-7-11-20(19)15-21;2*23-26-20(27)14-24-22(29)19(12-15-6-2-1-3-7-15)25-21(28)18-11-10-16-8-4-5-9-17(16)13-18/h4-8,10-13,15-16,19-21,23,29,40H,9,14,17-18,22H2,1-3H3,(H,37,43)(H,38,46)(H,39,45)(H,41,44);3-13,15,22H,14,16H2,1-2H3,(H,26,32)(H,27,31)(H,29,30);2*1-11,13,19H,12,14,23H2,(H,24,29)(H,25,28)(H,26,27)/t23?,29-;22-;2*19-/m0000/s1. The van der Waals surface area contributed by atoms with Gasteiger partial charge in [-0.2, -0.15) is 5.10 Å². The Morgan fingerprint density at radius 2 is 0.671 bits per heavy atom. The number of carbonyl (C=O) groups is 13. The Bertz CT molecular complexity index is 6390. The summed E-state index contributed by atoms with van der Waals surface area (Å²) in [7, 11) is 2.92. The number of carbonyl (C=O) groups excluding carboxylic acids is 13. The van der Waals surface area contributed by atoms with Gasteiger partial charge in [0.25, 0.3) is 52.9 Å². The van der Waals surface area contributed by atoms with E-state index >= 15 is 0 Å². The zero-order chi connectivity index (χ0) is 100. The van der Waals surface area contributed by atoms with E-state index in [2.05, 4.69) is 69.2 Å². The van der Waals surface area contributed by atoms with Crippen LogP contribution in [0.5, 0.6) is 11.5 Å². The number of hydrazone groups is 1. The maximum Gasteiger partial charge on any atom is 0.278 e. The number of nitrogens with one attached hydrogen (secondary N) is 14. The fraction of sp³-hybridized carbons (Fsp3) is 0.200. The zero-order valence-corrected chi connectivity index (χ0v) is 77.5. The molecule has 13 aromatic carbocycles. The second-order valence-electron chi connectivity index (χ2n) is 32.1. The molecule has 35 heteroatoms. The van der Waals surface area contributed by atoms with Gasteiger partial charge in [-0.3, -0.25) is 88.7 Å². The lowest BCUT2D eigenvalue weighted by molar-refractivity contribution is -0.385. The first-order chi connectivity index (χ1) is 67.6. The van der Waals surface area contributed by atoms with Gasteiger partial charge in [-0.1, -0.05) is 243 Å². The van der Waals surface area contributed by atoms with Crippen molar-refractivity contribution in [1.82, 2.24) is 75.0 Å². The van der Waals surface area contributed by atoms with Crippen molar-refractivity contribution in [3.05, 3.63) is 364 Å². The normalized spacial score (nSPS) is 11.6. The van der Waals surface area contributed by atoms with E-state index in [9.17, 15) is 72.4 Å². The van der Waals surface area contributed by atoms with Crippen LogP contribution in [0.15, 0.2) is 308 Å². The second kappa shape index (κ2) is 54.2.